The topological polar surface area (TPSA) is 38.1 Å². The summed E-state index contributed by atoms with van der Waals surface area (Å²) in [5.74, 6) is 1.76. The van der Waals surface area contributed by atoms with Crippen LogP contribution in [0.5, 0.6) is 0 Å². The van der Waals surface area contributed by atoms with E-state index in [2.05, 4.69) is 24.1 Å². The van der Waals surface area contributed by atoms with Crippen molar-refractivity contribution in [2.24, 2.45) is 5.92 Å². The third kappa shape index (κ3) is 4.03. The van der Waals surface area contributed by atoms with Crippen LogP contribution in [0.3, 0.4) is 0 Å². The zero-order valence-corrected chi connectivity index (χ0v) is 11.8. The molecular formula is C14H20N2OS. The number of fused-ring (bicyclic) bond motifs is 1. The summed E-state index contributed by atoms with van der Waals surface area (Å²) < 4.78 is 5.64. The lowest BCUT2D eigenvalue weighted by Gasteiger charge is -2.05. The summed E-state index contributed by atoms with van der Waals surface area (Å²) >= 11 is 1.69. The Bertz CT molecular complexity index is 448. The van der Waals surface area contributed by atoms with Crippen molar-refractivity contribution in [3.05, 3.63) is 24.3 Å². The van der Waals surface area contributed by atoms with Gasteiger partial charge in [0, 0.05) is 5.75 Å². The Labute approximate surface area is 112 Å². The van der Waals surface area contributed by atoms with Gasteiger partial charge in [0.1, 0.15) is 5.52 Å². The van der Waals surface area contributed by atoms with Crippen molar-refractivity contribution in [2.75, 3.05) is 18.8 Å². The molecule has 0 aliphatic heterocycles. The number of rotatable bonds is 7. The van der Waals surface area contributed by atoms with Crippen molar-refractivity contribution in [1.29, 1.82) is 0 Å². The van der Waals surface area contributed by atoms with Crippen LogP contribution in [0.15, 0.2) is 33.9 Å². The van der Waals surface area contributed by atoms with E-state index in [1.165, 1.54) is 0 Å². The van der Waals surface area contributed by atoms with Gasteiger partial charge in [-0.05, 0) is 37.6 Å². The van der Waals surface area contributed by atoms with Gasteiger partial charge in [-0.2, -0.15) is 0 Å². The Morgan fingerprint density at radius 3 is 2.94 bits per heavy atom. The second kappa shape index (κ2) is 6.81. The van der Waals surface area contributed by atoms with E-state index < -0.39 is 0 Å². The predicted molar refractivity (Wildman–Crippen MR) is 77.1 cm³/mol. The van der Waals surface area contributed by atoms with E-state index in [1.54, 1.807) is 11.8 Å². The molecule has 1 heterocycles. The van der Waals surface area contributed by atoms with Crippen LogP contribution in [0.1, 0.15) is 20.3 Å². The van der Waals surface area contributed by atoms with Gasteiger partial charge in [0.2, 0.25) is 0 Å². The average molecular weight is 264 g/mol. The van der Waals surface area contributed by atoms with Gasteiger partial charge in [-0.3, -0.25) is 0 Å². The highest BCUT2D eigenvalue weighted by molar-refractivity contribution is 7.99. The summed E-state index contributed by atoms with van der Waals surface area (Å²) in [6.45, 7) is 6.60. The van der Waals surface area contributed by atoms with Crippen molar-refractivity contribution in [3.8, 4) is 0 Å². The number of aromatic nitrogens is 1. The van der Waals surface area contributed by atoms with Gasteiger partial charge in [0.05, 0.1) is 0 Å². The standard InChI is InChI=1S/C14H20N2OS/c1-11(2)10-15-8-5-9-18-14-16-12-6-3-4-7-13(12)17-14/h3-4,6-7,11,15H,5,8-10H2,1-2H3. The summed E-state index contributed by atoms with van der Waals surface area (Å²) in [6.07, 6.45) is 1.14. The van der Waals surface area contributed by atoms with E-state index in [1.807, 2.05) is 24.3 Å². The molecule has 0 bridgehead atoms. The summed E-state index contributed by atoms with van der Waals surface area (Å²) in [6, 6.07) is 7.89. The Hall–Kier alpha value is -1.00. The molecule has 0 saturated heterocycles. The van der Waals surface area contributed by atoms with Crippen LogP contribution >= 0.6 is 11.8 Å². The lowest BCUT2D eigenvalue weighted by molar-refractivity contribution is 0.489. The van der Waals surface area contributed by atoms with E-state index >= 15 is 0 Å². The molecule has 0 unspecified atom stereocenters. The molecule has 2 aromatic rings. The largest absolute Gasteiger partial charge is 0.431 e. The van der Waals surface area contributed by atoms with Gasteiger partial charge in [-0.1, -0.05) is 37.7 Å². The first kappa shape index (κ1) is 13.4. The van der Waals surface area contributed by atoms with E-state index in [-0.39, 0.29) is 0 Å². The van der Waals surface area contributed by atoms with Crippen LogP contribution < -0.4 is 5.32 Å². The number of para-hydroxylation sites is 2. The van der Waals surface area contributed by atoms with E-state index in [0.29, 0.717) is 0 Å². The summed E-state index contributed by atoms with van der Waals surface area (Å²) in [7, 11) is 0. The van der Waals surface area contributed by atoms with E-state index in [4.69, 9.17) is 4.42 Å². The number of nitrogens with one attached hydrogen (secondary N) is 1. The second-order valence-electron chi connectivity index (χ2n) is 4.75. The molecule has 0 amide bonds. The molecule has 0 spiro atoms. The lowest BCUT2D eigenvalue weighted by atomic mass is 10.2. The Morgan fingerprint density at radius 1 is 1.33 bits per heavy atom. The number of hydrogen-bond acceptors (Lipinski definition) is 4. The molecule has 0 saturated carbocycles. The van der Waals surface area contributed by atoms with E-state index in [9.17, 15) is 0 Å². The maximum absolute atomic E-state index is 5.64. The minimum atomic E-state index is 0.717. The number of nitrogens with zero attached hydrogens (tertiary/aromatic N) is 1. The van der Waals surface area contributed by atoms with Crippen LogP contribution in [0.2, 0.25) is 0 Å². The van der Waals surface area contributed by atoms with Crippen LogP contribution in [0.4, 0.5) is 0 Å². The van der Waals surface area contributed by atoms with Gasteiger partial charge < -0.3 is 9.73 Å². The van der Waals surface area contributed by atoms with Crippen LogP contribution in [0, 0.1) is 5.92 Å². The Morgan fingerprint density at radius 2 is 2.17 bits per heavy atom. The number of benzene rings is 1. The van der Waals surface area contributed by atoms with Crippen LogP contribution in [-0.4, -0.2) is 23.8 Å². The number of hydrogen-bond donors (Lipinski definition) is 1. The fraction of sp³-hybridized carbons (Fsp3) is 0.500. The highest BCUT2D eigenvalue weighted by atomic mass is 32.2. The van der Waals surface area contributed by atoms with E-state index in [0.717, 1.165) is 47.5 Å². The maximum atomic E-state index is 5.64. The SMILES string of the molecule is CC(C)CNCCCSc1nc2ccccc2o1. The fourth-order valence-electron chi connectivity index (χ4n) is 1.66. The first-order valence-corrected chi connectivity index (χ1v) is 7.43. The van der Waals surface area contributed by atoms with Gasteiger partial charge in [0.25, 0.3) is 5.22 Å². The molecule has 1 aromatic heterocycles. The zero-order valence-electron chi connectivity index (χ0n) is 11.0. The highest BCUT2D eigenvalue weighted by Crippen LogP contribution is 2.23. The minimum Gasteiger partial charge on any atom is -0.431 e. The highest BCUT2D eigenvalue weighted by Gasteiger charge is 2.04. The molecule has 18 heavy (non-hydrogen) atoms. The zero-order chi connectivity index (χ0) is 12.8. The van der Waals surface area contributed by atoms with Gasteiger partial charge in [-0.25, -0.2) is 4.98 Å². The Kier molecular flexibility index (Phi) is 5.08. The van der Waals surface area contributed by atoms with Gasteiger partial charge in [-0.15, -0.1) is 0 Å². The van der Waals surface area contributed by atoms with Crippen molar-refractivity contribution in [2.45, 2.75) is 25.5 Å². The fourth-order valence-corrected chi connectivity index (χ4v) is 2.44. The van der Waals surface area contributed by atoms with Crippen LogP contribution in [0.25, 0.3) is 11.1 Å². The maximum Gasteiger partial charge on any atom is 0.256 e. The number of oxazole rings is 1. The molecule has 2 rings (SSSR count). The second-order valence-corrected chi connectivity index (χ2v) is 5.79. The van der Waals surface area contributed by atoms with Crippen molar-refractivity contribution >= 4 is 22.9 Å². The molecule has 4 heteroatoms. The molecule has 0 aliphatic rings. The molecule has 1 aromatic carbocycles. The third-order valence-electron chi connectivity index (χ3n) is 2.55. The Balaban J connectivity index is 1.70. The lowest BCUT2D eigenvalue weighted by Crippen LogP contribution is -2.21. The summed E-state index contributed by atoms with van der Waals surface area (Å²) in [5, 5.41) is 4.21. The van der Waals surface area contributed by atoms with Crippen molar-refractivity contribution < 1.29 is 4.42 Å². The molecule has 98 valence electrons. The molecule has 0 atom stereocenters. The smallest absolute Gasteiger partial charge is 0.256 e. The van der Waals surface area contributed by atoms with Gasteiger partial charge in [0.15, 0.2) is 5.58 Å². The first-order valence-electron chi connectivity index (χ1n) is 6.45. The van der Waals surface area contributed by atoms with Crippen molar-refractivity contribution in [3.63, 3.8) is 0 Å². The molecule has 0 radical (unpaired) electrons. The monoisotopic (exact) mass is 264 g/mol. The molecule has 3 nitrogen and oxygen atoms in total. The molecule has 1 N–H and O–H groups in total. The number of thioether (sulfide) groups is 1. The third-order valence-corrected chi connectivity index (χ3v) is 3.46. The molecular weight excluding hydrogens is 244 g/mol. The quantitative estimate of drug-likeness (QED) is 0.613. The minimum absolute atomic E-state index is 0.717. The summed E-state index contributed by atoms with van der Waals surface area (Å²) in [5.41, 5.74) is 1.82. The molecule has 0 fully saturated rings. The predicted octanol–water partition coefficient (Wildman–Crippen LogP) is 3.56. The van der Waals surface area contributed by atoms with Crippen molar-refractivity contribution in [1.82, 2.24) is 10.3 Å². The van der Waals surface area contributed by atoms with Gasteiger partial charge >= 0.3 is 0 Å². The first-order chi connectivity index (χ1) is 8.75. The summed E-state index contributed by atoms with van der Waals surface area (Å²) in [4.78, 5) is 4.43. The van der Waals surface area contributed by atoms with Crippen LogP contribution in [-0.2, 0) is 0 Å². The average Bonchev–Trinajstić information content (AvgIpc) is 2.75. The normalized spacial score (nSPS) is 11.5. The molecule has 0 aliphatic carbocycles.